The monoisotopic (exact) mass is 2150 g/mol. The van der Waals surface area contributed by atoms with Gasteiger partial charge in [-0.25, -0.2) is 27.5 Å². The van der Waals surface area contributed by atoms with E-state index in [9.17, 15) is 61.8 Å². The molecule has 20 N–H and O–H groups in total. The summed E-state index contributed by atoms with van der Waals surface area (Å²) in [5, 5.41) is 53.0. The van der Waals surface area contributed by atoms with E-state index in [1.807, 2.05) is 140 Å². The van der Waals surface area contributed by atoms with Gasteiger partial charge in [0.15, 0.2) is 24.4 Å². The first-order valence-corrected chi connectivity index (χ1v) is 57.9. The lowest BCUT2D eigenvalue weighted by Crippen LogP contribution is -2.60. The molecule has 0 bridgehead atoms. The first-order valence-electron chi connectivity index (χ1n) is 50.8. The van der Waals surface area contributed by atoms with Gasteiger partial charge >= 0.3 is 29.8 Å². The molecule has 0 saturated heterocycles. The standard InChI is InChI=1S/C28H43N3O4S.C17H33NO5S.C16H32N2O5S.C16H32N2O4S.C15H30N2O4S.C9H19NO3S/c1-21(2)35-27(26(29)19-22-11-5-3-6-12-22)28(32)30-17-9-4-10-18-31-36(33,34)25-16-15-23-13-7-8-14-24(23)20-25;1-8-22-17(7,10-14(19)20)18-16(21)15(23-11(3)4)12(5)13(6)24-9-2;1-7-22-16(9-19,15(20)21)18-11(5)14(23-10(3)4)13(17)12(6)24-8-2;1-5-21-14(19)8-7-10-18-16(20)15(22-12(3)4)13(17)9-11-23-6-2;1-7-20-15(19)10(5)17-14(18)13(21-9(3)4)12(16)11(6)22-8-2;1-6(2)13-8(9(11)12)7(10)4-5-14-3/h7-8,13-16,20-22,26-27,31H,3-6,9-12,17-19,29H2,1-2H3,(H,30,32);11-13,15H,8-10H2,1-7H3,(H,18,21)(H,19,20);10,12-14,18-19H,5,7-9,17H2,1-4,6H3,(H,20,21);12-13,15H,5-11,17H2,1-4H3,(H,18,20);9-13H,7-8,16H2,1-6H3,(H,17,18);6-8H,4-5,10H2,1-3H3,(H,11,12)/t;12-,13?,15?,17?;12?,13-,14?,16?;13-,15?;10-,11?,12+,13?;7-,8?/m.01111/s1. The first kappa shape index (κ1) is 142. The normalized spacial score (nSPS) is 16.5. The van der Waals surface area contributed by atoms with Gasteiger partial charge in [0, 0.05) is 90.8 Å². The minimum Gasteiger partial charge on any atom is -0.481 e. The minimum absolute atomic E-state index is 0.0203. The van der Waals surface area contributed by atoms with Crippen molar-refractivity contribution in [1.82, 2.24) is 31.3 Å². The number of rotatable bonds is 69. The van der Waals surface area contributed by atoms with Gasteiger partial charge in [-0.1, -0.05) is 131 Å². The summed E-state index contributed by atoms with van der Waals surface area (Å²) < 4.78 is 82.6. The van der Waals surface area contributed by atoms with Crippen LogP contribution in [0.5, 0.6) is 0 Å². The molecule has 12 unspecified atom stereocenters. The van der Waals surface area contributed by atoms with E-state index in [4.69, 9.17) is 86.3 Å². The molecule has 0 heterocycles. The maximum atomic E-state index is 12.8. The molecule has 42 heteroatoms. The van der Waals surface area contributed by atoms with Crippen molar-refractivity contribution in [3.05, 3.63) is 54.7 Å². The summed E-state index contributed by atoms with van der Waals surface area (Å²) in [6.45, 7) is 54.2. The zero-order valence-electron chi connectivity index (χ0n) is 91.0. The average molecular weight is 2150 g/mol. The number of esters is 2. The summed E-state index contributed by atoms with van der Waals surface area (Å²) in [5.41, 5.74) is 27.8. The van der Waals surface area contributed by atoms with Gasteiger partial charge in [0.05, 0.1) is 67.2 Å². The summed E-state index contributed by atoms with van der Waals surface area (Å²) >= 11 is 8.56. The lowest BCUT2D eigenvalue weighted by molar-refractivity contribution is -0.176. The number of nitrogens with one attached hydrogen (secondary N) is 6. The molecule has 143 heavy (non-hydrogen) atoms. The second-order valence-corrected chi connectivity index (χ2v) is 45.6. The fourth-order valence-electron chi connectivity index (χ4n) is 14.4. The molecule has 36 nitrogen and oxygen atoms in total. The van der Waals surface area contributed by atoms with Crippen molar-refractivity contribution >= 4 is 133 Å². The molecular formula is C101H189N11O25S6. The number of aliphatic hydroxyl groups is 1. The van der Waals surface area contributed by atoms with E-state index >= 15 is 0 Å². The third-order valence-corrected chi connectivity index (χ3v) is 28.3. The number of carboxylic acids is 3. The zero-order chi connectivity index (χ0) is 110. The van der Waals surface area contributed by atoms with Crippen molar-refractivity contribution < 1.29 is 119 Å². The molecule has 2 aromatic rings. The van der Waals surface area contributed by atoms with Gasteiger partial charge in [-0.3, -0.25) is 28.8 Å². The van der Waals surface area contributed by atoms with Crippen molar-refractivity contribution in [3.8, 4) is 0 Å². The Kier molecular flexibility index (Phi) is 79.8. The molecule has 1 aliphatic rings. The number of hydrogen-bond donors (Lipinski definition) is 15. The second-order valence-electron chi connectivity index (χ2n) is 36.5. The molecular weight excluding hydrogens is 1960 g/mol. The van der Waals surface area contributed by atoms with Crippen molar-refractivity contribution in [2.24, 2.45) is 40.5 Å². The number of aliphatic hydroxyl groups excluding tert-OH is 1. The Morgan fingerprint density at radius 1 is 0.503 bits per heavy atom. The number of sulfonamides is 1. The van der Waals surface area contributed by atoms with E-state index in [1.54, 1.807) is 126 Å². The van der Waals surface area contributed by atoms with Crippen LogP contribution in [-0.2, 0) is 101 Å². The number of nitrogens with two attached hydrogens (primary N) is 5. The van der Waals surface area contributed by atoms with Crippen LogP contribution in [0.4, 0.5) is 0 Å². The molecule has 4 amide bonds. The molecule has 1 saturated carbocycles. The van der Waals surface area contributed by atoms with E-state index in [-0.39, 0.29) is 130 Å². The highest BCUT2D eigenvalue weighted by Gasteiger charge is 2.43. The molecule has 0 aromatic heterocycles. The van der Waals surface area contributed by atoms with E-state index in [1.165, 1.54) is 32.1 Å². The van der Waals surface area contributed by atoms with Gasteiger partial charge in [0.25, 0.3) is 29.4 Å². The van der Waals surface area contributed by atoms with Crippen LogP contribution in [-0.4, -0.2) is 312 Å². The third-order valence-electron chi connectivity index (χ3n) is 21.7. The number of benzene rings is 2. The Balaban J connectivity index is -0.00000168. The van der Waals surface area contributed by atoms with Gasteiger partial charge in [0.1, 0.15) is 30.6 Å². The lowest BCUT2D eigenvalue weighted by Gasteiger charge is -2.36. The molecule has 0 radical (unpaired) electrons. The van der Waals surface area contributed by atoms with Gasteiger partial charge in [-0.05, 0) is 233 Å². The largest absolute Gasteiger partial charge is 0.481 e. The number of carboxylic acid groups (broad SMARTS) is 3. The summed E-state index contributed by atoms with van der Waals surface area (Å²) in [4.78, 5) is 107. The van der Waals surface area contributed by atoms with Crippen LogP contribution in [0.2, 0.25) is 0 Å². The Morgan fingerprint density at radius 2 is 0.965 bits per heavy atom. The summed E-state index contributed by atoms with van der Waals surface area (Å²) in [5.74, 6) is 0.978. The predicted octanol–water partition coefficient (Wildman–Crippen LogP) is 12.5. The Bertz CT molecular complexity index is 3930. The van der Waals surface area contributed by atoms with Crippen LogP contribution >= 0.6 is 58.8 Å². The number of hydrogen-bond acceptors (Lipinski definition) is 33. The number of aliphatic carboxylic acids is 3. The summed E-state index contributed by atoms with van der Waals surface area (Å²) in [7, 11) is -3.55. The van der Waals surface area contributed by atoms with Gasteiger partial charge in [-0.15, -0.1) is 0 Å². The molecule has 18 atom stereocenters. The number of thioether (sulfide) groups is 5. The van der Waals surface area contributed by atoms with Gasteiger partial charge in [0.2, 0.25) is 10.0 Å². The maximum Gasteiger partial charge on any atom is 0.359 e. The number of amides is 4. The quantitative estimate of drug-likeness (QED) is 0.0166. The first-order chi connectivity index (χ1) is 67.1. The van der Waals surface area contributed by atoms with Crippen LogP contribution in [0.25, 0.3) is 10.8 Å². The van der Waals surface area contributed by atoms with Crippen molar-refractivity contribution in [2.75, 3.05) is 93.4 Å². The van der Waals surface area contributed by atoms with Crippen LogP contribution < -0.4 is 60.0 Å². The molecule has 1 fully saturated rings. The summed E-state index contributed by atoms with van der Waals surface area (Å²) in [6.07, 6.45) is 8.21. The smallest absolute Gasteiger partial charge is 0.359 e. The number of carbonyl (C=O) groups is 9. The van der Waals surface area contributed by atoms with Gasteiger partial charge in [-0.2, -0.15) is 58.8 Å². The number of fused-ring (bicyclic) bond motifs is 1. The number of unbranched alkanes of at least 4 members (excludes halogenated alkanes) is 2. The Morgan fingerprint density at radius 3 is 1.44 bits per heavy atom. The highest BCUT2D eigenvalue weighted by Crippen LogP contribution is 2.31. The molecule has 2 aromatic carbocycles. The van der Waals surface area contributed by atoms with Crippen molar-refractivity contribution in [3.63, 3.8) is 0 Å². The van der Waals surface area contributed by atoms with Crippen molar-refractivity contribution in [2.45, 2.75) is 412 Å². The van der Waals surface area contributed by atoms with E-state index in [0.717, 1.165) is 71.0 Å². The maximum absolute atomic E-state index is 12.8. The fraction of sp³-hybridized carbons (Fsp3) is 0.792. The highest BCUT2D eigenvalue weighted by atomic mass is 32.2. The van der Waals surface area contributed by atoms with Gasteiger partial charge < -0.3 is 123 Å². The molecule has 3 rings (SSSR count). The van der Waals surface area contributed by atoms with E-state index in [0.29, 0.717) is 64.4 Å². The fourth-order valence-corrected chi connectivity index (χ4v) is 19.5. The van der Waals surface area contributed by atoms with Crippen LogP contribution in [0.3, 0.4) is 0 Å². The average Bonchev–Trinajstić information content (AvgIpc) is 0.818. The second kappa shape index (κ2) is 80.5. The number of ether oxygens (including phenoxy) is 10. The molecule has 1 aliphatic carbocycles. The topological polar surface area (TPSA) is 563 Å². The highest BCUT2D eigenvalue weighted by molar-refractivity contribution is 8.00. The summed E-state index contributed by atoms with van der Waals surface area (Å²) in [6, 6.07) is 10.2. The zero-order valence-corrected chi connectivity index (χ0v) is 95.9. The van der Waals surface area contributed by atoms with Crippen molar-refractivity contribution in [1.29, 1.82) is 0 Å². The predicted molar refractivity (Wildman–Crippen MR) is 582 cm³/mol. The van der Waals surface area contributed by atoms with Crippen LogP contribution in [0, 0.1) is 11.8 Å². The number of carbonyl (C=O) groups excluding carboxylic acids is 6. The SMILES string of the molecule is C=C(NC(CO)(OCC)C(=O)O)C(OC(C)C)[C@H](N)C(C)SCC.CC(C)OC(C(=O)NCCCCCNS(=O)(=O)c1ccc2ccccc2c1)C(N)CC1CCCCC1.CCOC(=O)CCCNC(=O)C(OC(C)C)[C@H](N)CCSCC.CCOC(=O)[C@@H](C)NC(=O)C(OC(C)C)[C@@H](N)C(C)SCC.CCOC(C)(CC(=O)O)NC(=O)C(OC(C)C)[C@@H](C)C(C)SCC.CSCC[C@@H](N)C(OC(C)C)C(=O)O. The Labute approximate surface area is 878 Å². The Hall–Kier alpha value is -5.43. The van der Waals surface area contributed by atoms with Crippen LogP contribution in [0.15, 0.2) is 59.6 Å². The third kappa shape index (κ3) is 62.7. The molecule has 834 valence electrons. The minimum atomic E-state index is -3.55. The molecule has 0 spiro atoms. The van der Waals surface area contributed by atoms with Crippen LogP contribution in [0.1, 0.15) is 270 Å². The van der Waals surface area contributed by atoms with E-state index < -0.39 is 113 Å². The molecule has 0 aliphatic heterocycles. The van der Waals surface area contributed by atoms with E-state index in [2.05, 4.69) is 58.7 Å². The lowest BCUT2D eigenvalue weighted by atomic mass is 9.84.